The molecule has 0 bridgehead atoms. The van der Waals surface area contributed by atoms with Crippen molar-refractivity contribution < 1.29 is 19.1 Å². The smallest absolute Gasteiger partial charge is 0.315 e. The number of carbonyl (C=O) groups is 2. The predicted octanol–water partition coefficient (Wildman–Crippen LogP) is 1.94. The van der Waals surface area contributed by atoms with E-state index in [1.165, 1.54) is 0 Å². The lowest BCUT2D eigenvalue weighted by atomic mass is 10.2. The largest absolute Gasteiger partial charge is 0.454 e. The number of pyridine rings is 1. The van der Waals surface area contributed by atoms with Gasteiger partial charge in [-0.15, -0.1) is 0 Å². The number of aromatic nitrogens is 1. The van der Waals surface area contributed by atoms with Crippen molar-refractivity contribution in [2.24, 2.45) is 0 Å². The maximum absolute atomic E-state index is 12.1. The van der Waals surface area contributed by atoms with Crippen LogP contribution in [0.5, 0.6) is 11.5 Å². The molecule has 27 heavy (non-hydrogen) atoms. The summed E-state index contributed by atoms with van der Waals surface area (Å²) in [5.74, 6) is 2.13. The molecule has 1 aromatic heterocycles. The molecule has 2 aliphatic rings. The molecular formula is C19H20N4O4. The lowest BCUT2D eigenvalue weighted by molar-refractivity contribution is -0.117. The van der Waals surface area contributed by atoms with Gasteiger partial charge in [-0.05, 0) is 41.8 Å². The Morgan fingerprint density at radius 3 is 2.63 bits per heavy atom. The van der Waals surface area contributed by atoms with Gasteiger partial charge in [-0.25, -0.2) is 9.78 Å². The van der Waals surface area contributed by atoms with Gasteiger partial charge in [-0.2, -0.15) is 0 Å². The van der Waals surface area contributed by atoms with Crippen molar-refractivity contribution in [3.05, 3.63) is 47.7 Å². The molecule has 0 atom stereocenters. The van der Waals surface area contributed by atoms with E-state index >= 15 is 0 Å². The highest BCUT2D eigenvalue weighted by Gasteiger charge is 2.22. The van der Waals surface area contributed by atoms with Gasteiger partial charge >= 0.3 is 6.03 Å². The van der Waals surface area contributed by atoms with E-state index in [2.05, 4.69) is 15.6 Å². The first-order valence-corrected chi connectivity index (χ1v) is 8.84. The average Bonchev–Trinajstić information content (AvgIpc) is 3.33. The number of hydrogen-bond donors (Lipinski definition) is 2. The van der Waals surface area contributed by atoms with Gasteiger partial charge < -0.3 is 20.1 Å². The number of carbonyl (C=O) groups excluding carboxylic acids is 2. The van der Waals surface area contributed by atoms with E-state index in [4.69, 9.17) is 9.47 Å². The number of urea groups is 1. The maximum atomic E-state index is 12.1. The molecule has 0 saturated carbocycles. The first-order chi connectivity index (χ1) is 13.2. The number of nitrogens with zero attached hydrogens (tertiary/aromatic N) is 2. The Hall–Kier alpha value is -3.29. The van der Waals surface area contributed by atoms with Crippen LogP contribution in [0.25, 0.3) is 0 Å². The zero-order valence-electron chi connectivity index (χ0n) is 14.7. The standard InChI is InChI=1S/C19H20N4O4/c24-18-2-1-7-23(18)17-9-14(5-6-20-17)11-22-19(25)21-10-13-3-4-15-16(8-13)27-12-26-15/h3-6,8-9H,1-2,7,10-12H2,(H2,21,22,25). The molecule has 2 aliphatic heterocycles. The summed E-state index contributed by atoms with van der Waals surface area (Å²) in [7, 11) is 0. The Labute approximate surface area is 156 Å². The summed E-state index contributed by atoms with van der Waals surface area (Å²) in [6.45, 7) is 1.65. The van der Waals surface area contributed by atoms with Gasteiger partial charge in [0.2, 0.25) is 12.7 Å². The first-order valence-electron chi connectivity index (χ1n) is 8.84. The molecule has 2 N–H and O–H groups in total. The third-order valence-corrected chi connectivity index (χ3v) is 4.50. The van der Waals surface area contributed by atoms with Gasteiger partial charge in [-0.1, -0.05) is 6.07 Å². The molecule has 140 valence electrons. The summed E-state index contributed by atoms with van der Waals surface area (Å²) in [5.41, 5.74) is 1.81. The normalized spacial score (nSPS) is 15.1. The minimum atomic E-state index is -0.275. The minimum Gasteiger partial charge on any atom is -0.454 e. The number of fused-ring (bicyclic) bond motifs is 1. The average molecular weight is 368 g/mol. The molecule has 8 heteroatoms. The van der Waals surface area contributed by atoms with E-state index < -0.39 is 0 Å². The van der Waals surface area contributed by atoms with E-state index in [1.807, 2.05) is 30.3 Å². The van der Waals surface area contributed by atoms with Crippen LogP contribution >= 0.6 is 0 Å². The first kappa shape index (κ1) is 17.1. The molecule has 0 radical (unpaired) electrons. The fourth-order valence-corrected chi connectivity index (χ4v) is 3.09. The van der Waals surface area contributed by atoms with Crippen molar-refractivity contribution >= 4 is 17.8 Å². The maximum Gasteiger partial charge on any atom is 0.315 e. The fourth-order valence-electron chi connectivity index (χ4n) is 3.09. The SMILES string of the molecule is O=C(NCc1ccnc(N2CCCC2=O)c1)NCc1ccc2c(c1)OCO2. The lowest BCUT2D eigenvalue weighted by Gasteiger charge is -2.15. The van der Waals surface area contributed by atoms with E-state index in [-0.39, 0.29) is 18.7 Å². The van der Waals surface area contributed by atoms with Gasteiger partial charge in [0.05, 0.1) is 0 Å². The van der Waals surface area contributed by atoms with Crippen LogP contribution in [-0.2, 0) is 17.9 Å². The number of nitrogens with one attached hydrogen (secondary N) is 2. The number of ether oxygens (including phenoxy) is 2. The Kier molecular flexibility index (Phi) is 4.78. The molecule has 3 heterocycles. The summed E-state index contributed by atoms with van der Waals surface area (Å²) >= 11 is 0. The summed E-state index contributed by atoms with van der Waals surface area (Å²) in [6, 6.07) is 8.95. The number of rotatable bonds is 5. The Morgan fingerprint density at radius 1 is 1.07 bits per heavy atom. The molecule has 1 aromatic carbocycles. The lowest BCUT2D eigenvalue weighted by Crippen LogP contribution is -2.34. The Bertz CT molecular complexity index is 871. The van der Waals surface area contributed by atoms with Crippen LogP contribution in [0.1, 0.15) is 24.0 Å². The molecule has 0 spiro atoms. The van der Waals surface area contributed by atoms with Crippen molar-refractivity contribution in [1.82, 2.24) is 15.6 Å². The Morgan fingerprint density at radius 2 is 1.85 bits per heavy atom. The second kappa shape index (κ2) is 7.53. The zero-order chi connectivity index (χ0) is 18.6. The second-order valence-corrected chi connectivity index (χ2v) is 6.40. The summed E-state index contributed by atoms with van der Waals surface area (Å²) in [4.78, 5) is 29.8. The fraction of sp³-hybridized carbons (Fsp3) is 0.316. The van der Waals surface area contributed by atoms with Gasteiger partial charge in [0.25, 0.3) is 0 Å². The number of anilines is 1. The predicted molar refractivity (Wildman–Crippen MR) is 97.5 cm³/mol. The molecule has 8 nitrogen and oxygen atoms in total. The zero-order valence-corrected chi connectivity index (χ0v) is 14.7. The Balaban J connectivity index is 1.28. The third-order valence-electron chi connectivity index (χ3n) is 4.50. The van der Waals surface area contributed by atoms with Crippen LogP contribution < -0.4 is 25.0 Å². The van der Waals surface area contributed by atoms with Gasteiger partial charge in [-0.3, -0.25) is 9.69 Å². The summed E-state index contributed by atoms with van der Waals surface area (Å²) in [5, 5.41) is 5.62. The molecule has 4 rings (SSSR count). The molecule has 0 unspecified atom stereocenters. The van der Waals surface area contributed by atoms with E-state index in [1.54, 1.807) is 11.1 Å². The molecule has 1 saturated heterocycles. The van der Waals surface area contributed by atoms with Crippen LogP contribution in [-0.4, -0.2) is 30.3 Å². The van der Waals surface area contributed by atoms with Gasteiger partial charge in [0, 0.05) is 32.3 Å². The quantitative estimate of drug-likeness (QED) is 0.841. The highest BCUT2D eigenvalue weighted by molar-refractivity contribution is 5.94. The van der Waals surface area contributed by atoms with Crippen LogP contribution in [0.3, 0.4) is 0 Å². The third kappa shape index (κ3) is 3.94. The molecular weight excluding hydrogens is 348 g/mol. The van der Waals surface area contributed by atoms with Gasteiger partial charge in [0.1, 0.15) is 5.82 Å². The molecule has 3 amide bonds. The highest BCUT2D eigenvalue weighted by Crippen LogP contribution is 2.32. The number of hydrogen-bond acceptors (Lipinski definition) is 5. The molecule has 0 aliphatic carbocycles. The second-order valence-electron chi connectivity index (χ2n) is 6.40. The monoisotopic (exact) mass is 368 g/mol. The van der Waals surface area contributed by atoms with E-state index in [9.17, 15) is 9.59 Å². The van der Waals surface area contributed by atoms with Crippen LogP contribution in [0.4, 0.5) is 10.6 Å². The summed E-state index contributed by atoms with van der Waals surface area (Å²) < 4.78 is 10.6. The highest BCUT2D eigenvalue weighted by atomic mass is 16.7. The van der Waals surface area contributed by atoms with Crippen molar-refractivity contribution in [2.45, 2.75) is 25.9 Å². The minimum absolute atomic E-state index is 0.0917. The molecule has 1 fully saturated rings. The number of amides is 3. The van der Waals surface area contributed by atoms with E-state index in [0.29, 0.717) is 43.4 Å². The van der Waals surface area contributed by atoms with Crippen LogP contribution in [0, 0.1) is 0 Å². The van der Waals surface area contributed by atoms with Crippen LogP contribution in [0.15, 0.2) is 36.5 Å². The van der Waals surface area contributed by atoms with Crippen molar-refractivity contribution in [2.75, 3.05) is 18.2 Å². The van der Waals surface area contributed by atoms with E-state index in [0.717, 1.165) is 17.5 Å². The van der Waals surface area contributed by atoms with Crippen molar-refractivity contribution in [3.8, 4) is 11.5 Å². The van der Waals surface area contributed by atoms with Crippen molar-refractivity contribution in [3.63, 3.8) is 0 Å². The van der Waals surface area contributed by atoms with Gasteiger partial charge in [0.15, 0.2) is 11.5 Å². The number of benzene rings is 1. The van der Waals surface area contributed by atoms with Crippen molar-refractivity contribution in [1.29, 1.82) is 0 Å². The topological polar surface area (TPSA) is 92.8 Å². The molecule has 2 aromatic rings. The van der Waals surface area contributed by atoms with Crippen LogP contribution in [0.2, 0.25) is 0 Å². The summed E-state index contributed by atoms with van der Waals surface area (Å²) in [6.07, 6.45) is 3.07.